The molecule has 0 radical (unpaired) electrons. The first kappa shape index (κ1) is 14.0. The topological polar surface area (TPSA) is 80.0 Å². The number of rotatable bonds is 3. The summed E-state index contributed by atoms with van der Waals surface area (Å²) in [5.41, 5.74) is 7.97. The van der Waals surface area contributed by atoms with Gasteiger partial charge >= 0.3 is 0 Å². The highest BCUT2D eigenvalue weighted by atomic mass is 32.1. The number of hydrogen-bond donors (Lipinski definition) is 3. The maximum absolute atomic E-state index is 11.5. The Balaban J connectivity index is 2.27. The van der Waals surface area contributed by atoms with Crippen molar-refractivity contribution in [2.45, 2.75) is 0 Å². The van der Waals surface area contributed by atoms with Crippen LogP contribution in [0.3, 0.4) is 0 Å². The van der Waals surface area contributed by atoms with E-state index in [1.807, 2.05) is 24.3 Å². The van der Waals surface area contributed by atoms with E-state index in [1.165, 1.54) is 0 Å². The second-order valence-electron chi connectivity index (χ2n) is 4.08. The summed E-state index contributed by atoms with van der Waals surface area (Å²) in [6.45, 7) is 0. The van der Waals surface area contributed by atoms with Gasteiger partial charge in [0.2, 0.25) is 0 Å². The van der Waals surface area contributed by atoms with E-state index >= 15 is 0 Å². The lowest BCUT2D eigenvalue weighted by molar-refractivity contribution is 0.0963. The normalized spacial score (nSPS) is 9.85. The van der Waals surface area contributed by atoms with Gasteiger partial charge in [-0.05, 0) is 47.6 Å². The number of carbonyl (C=O) groups is 1. The molecule has 0 saturated carbocycles. The summed E-state index contributed by atoms with van der Waals surface area (Å²) in [4.78, 5) is 15.6. The molecule has 1 amide bonds. The average molecular weight is 286 g/mol. The number of thiocarbonyl (C=S) groups is 1. The number of carbonyl (C=O) groups excluding carboxylic acids is 1. The minimum Gasteiger partial charge on any atom is -0.376 e. The Morgan fingerprint density at radius 3 is 2.50 bits per heavy atom. The second kappa shape index (κ2) is 6.12. The molecule has 1 aromatic carbocycles. The van der Waals surface area contributed by atoms with Crippen LogP contribution in [0.1, 0.15) is 10.4 Å². The molecule has 1 heterocycles. The van der Waals surface area contributed by atoms with Crippen molar-refractivity contribution < 1.29 is 4.79 Å². The summed E-state index contributed by atoms with van der Waals surface area (Å²) in [5, 5.41) is 5.54. The molecular formula is C14H14N4OS. The van der Waals surface area contributed by atoms with Gasteiger partial charge in [0.15, 0.2) is 5.11 Å². The molecule has 0 spiro atoms. The van der Waals surface area contributed by atoms with Crippen LogP contribution < -0.4 is 16.4 Å². The van der Waals surface area contributed by atoms with Crippen molar-refractivity contribution in [2.75, 3.05) is 12.4 Å². The molecule has 0 bridgehead atoms. The zero-order valence-corrected chi connectivity index (χ0v) is 11.7. The van der Waals surface area contributed by atoms with Crippen LogP contribution in [0.2, 0.25) is 0 Å². The highest BCUT2D eigenvalue weighted by molar-refractivity contribution is 7.80. The minimum absolute atomic E-state index is 0.109. The van der Waals surface area contributed by atoms with Gasteiger partial charge in [0.1, 0.15) is 5.82 Å². The van der Waals surface area contributed by atoms with E-state index in [2.05, 4.69) is 15.6 Å². The van der Waals surface area contributed by atoms with Crippen LogP contribution in [0.15, 0.2) is 42.6 Å². The SMILES string of the molecule is CNC(=O)c1ccc(-c2ccnc(NC(N)=S)c2)cc1. The van der Waals surface area contributed by atoms with Gasteiger partial charge in [-0.1, -0.05) is 12.1 Å². The van der Waals surface area contributed by atoms with Gasteiger partial charge in [-0.3, -0.25) is 4.79 Å². The molecule has 20 heavy (non-hydrogen) atoms. The lowest BCUT2D eigenvalue weighted by Gasteiger charge is -2.07. The zero-order valence-electron chi connectivity index (χ0n) is 10.9. The van der Waals surface area contributed by atoms with Crippen molar-refractivity contribution in [3.63, 3.8) is 0 Å². The molecule has 0 atom stereocenters. The number of amides is 1. The predicted octanol–water partition coefficient (Wildman–Crippen LogP) is 1.76. The monoisotopic (exact) mass is 286 g/mol. The van der Waals surface area contributed by atoms with E-state index in [9.17, 15) is 4.79 Å². The van der Waals surface area contributed by atoms with Gasteiger partial charge in [0.25, 0.3) is 5.91 Å². The van der Waals surface area contributed by atoms with Crippen LogP contribution in [0.5, 0.6) is 0 Å². The third-order valence-corrected chi connectivity index (χ3v) is 2.82. The first-order valence-electron chi connectivity index (χ1n) is 5.95. The van der Waals surface area contributed by atoms with E-state index < -0.39 is 0 Å². The van der Waals surface area contributed by atoms with E-state index in [0.29, 0.717) is 11.4 Å². The molecule has 0 unspecified atom stereocenters. The van der Waals surface area contributed by atoms with Gasteiger partial charge in [-0.25, -0.2) is 4.98 Å². The van der Waals surface area contributed by atoms with Crippen molar-refractivity contribution in [1.82, 2.24) is 10.3 Å². The van der Waals surface area contributed by atoms with Crippen LogP contribution in [0, 0.1) is 0 Å². The number of nitrogens with zero attached hydrogens (tertiary/aromatic N) is 1. The molecule has 0 fully saturated rings. The van der Waals surface area contributed by atoms with Crippen molar-refractivity contribution in [1.29, 1.82) is 0 Å². The Kier molecular flexibility index (Phi) is 4.27. The molecule has 4 N–H and O–H groups in total. The first-order chi connectivity index (χ1) is 9.60. The lowest BCUT2D eigenvalue weighted by Crippen LogP contribution is -2.19. The Morgan fingerprint density at radius 2 is 1.90 bits per heavy atom. The van der Waals surface area contributed by atoms with Crippen LogP contribution in [0.4, 0.5) is 5.82 Å². The molecule has 0 aliphatic heterocycles. The summed E-state index contributed by atoms with van der Waals surface area (Å²) >= 11 is 4.78. The minimum atomic E-state index is -0.109. The molecule has 0 aliphatic carbocycles. The van der Waals surface area contributed by atoms with Gasteiger partial charge in [-0.15, -0.1) is 0 Å². The molecule has 102 valence electrons. The first-order valence-corrected chi connectivity index (χ1v) is 6.36. The Labute approximate surface area is 122 Å². The summed E-state index contributed by atoms with van der Waals surface area (Å²) in [6, 6.07) is 11.0. The Hall–Kier alpha value is -2.47. The molecule has 1 aromatic heterocycles. The number of nitrogens with two attached hydrogens (primary N) is 1. The lowest BCUT2D eigenvalue weighted by atomic mass is 10.0. The van der Waals surface area contributed by atoms with Gasteiger partial charge < -0.3 is 16.4 Å². The maximum atomic E-state index is 11.5. The summed E-state index contributed by atoms with van der Waals surface area (Å²) in [6.07, 6.45) is 1.67. The number of anilines is 1. The molecule has 5 nitrogen and oxygen atoms in total. The summed E-state index contributed by atoms with van der Waals surface area (Å²) < 4.78 is 0. The average Bonchev–Trinajstić information content (AvgIpc) is 2.46. The Morgan fingerprint density at radius 1 is 1.20 bits per heavy atom. The van der Waals surface area contributed by atoms with E-state index in [-0.39, 0.29) is 11.0 Å². The molecule has 2 aromatic rings. The van der Waals surface area contributed by atoms with Crippen molar-refractivity contribution in [3.05, 3.63) is 48.2 Å². The number of hydrogen-bond acceptors (Lipinski definition) is 3. The number of benzene rings is 1. The molecular weight excluding hydrogens is 272 g/mol. The Bertz CT molecular complexity index is 640. The quantitative estimate of drug-likeness (QED) is 0.749. The standard InChI is InChI=1S/C14H14N4OS/c1-16-13(19)10-4-2-9(3-5-10)11-6-7-17-12(8-11)18-14(15)20/h2-8H,1H3,(H,16,19)(H3,15,17,18,20). The van der Waals surface area contributed by atoms with E-state index in [4.69, 9.17) is 18.0 Å². The third-order valence-electron chi connectivity index (χ3n) is 2.72. The highest BCUT2D eigenvalue weighted by Gasteiger charge is 2.04. The fourth-order valence-electron chi connectivity index (χ4n) is 1.76. The zero-order chi connectivity index (χ0) is 14.5. The van der Waals surface area contributed by atoms with Crippen LogP contribution in [-0.4, -0.2) is 23.1 Å². The fourth-order valence-corrected chi connectivity index (χ4v) is 1.87. The van der Waals surface area contributed by atoms with Crippen molar-refractivity contribution >= 4 is 29.1 Å². The molecule has 2 rings (SSSR count). The predicted molar refractivity (Wildman–Crippen MR) is 83.5 cm³/mol. The fraction of sp³-hybridized carbons (Fsp3) is 0.0714. The number of pyridine rings is 1. The van der Waals surface area contributed by atoms with Crippen LogP contribution >= 0.6 is 12.2 Å². The third kappa shape index (κ3) is 3.30. The second-order valence-corrected chi connectivity index (χ2v) is 4.52. The van der Waals surface area contributed by atoms with Crippen LogP contribution in [0.25, 0.3) is 11.1 Å². The largest absolute Gasteiger partial charge is 0.376 e. The summed E-state index contributed by atoms with van der Waals surface area (Å²) in [7, 11) is 1.60. The van der Waals surface area contributed by atoms with Gasteiger partial charge in [-0.2, -0.15) is 0 Å². The maximum Gasteiger partial charge on any atom is 0.251 e. The molecule has 0 saturated heterocycles. The molecule has 0 aliphatic rings. The summed E-state index contributed by atoms with van der Waals surface area (Å²) in [5.74, 6) is 0.479. The van der Waals surface area contributed by atoms with E-state index in [0.717, 1.165) is 11.1 Å². The van der Waals surface area contributed by atoms with Crippen molar-refractivity contribution in [2.24, 2.45) is 5.73 Å². The van der Waals surface area contributed by atoms with Gasteiger partial charge in [0.05, 0.1) is 0 Å². The molecule has 6 heteroatoms. The van der Waals surface area contributed by atoms with E-state index in [1.54, 1.807) is 25.4 Å². The van der Waals surface area contributed by atoms with Crippen molar-refractivity contribution in [3.8, 4) is 11.1 Å². The number of nitrogens with one attached hydrogen (secondary N) is 2. The highest BCUT2D eigenvalue weighted by Crippen LogP contribution is 2.21. The van der Waals surface area contributed by atoms with Gasteiger partial charge in [0, 0.05) is 18.8 Å². The van der Waals surface area contributed by atoms with Crippen LogP contribution in [-0.2, 0) is 0 Å². The smallest absolute Gasteiger partial charge is 0.251 e. The number of aromatic nitrogens is 1.